The minimum atomic E-state index is -0.306. The molecule has 0 N–H and O–H groups in total. The second kappa shape index (κ2) is 23.6. The van der Waals surface area contributed by atoms with Crippen LogP contribution >= 0.6 is 0 Å². The average molecular weight is 441 g/mol. The van der Waals surface area contributed by atoms with Gasteiger partial charge < -0.3 is 9.47 Å². The number of unbranched alkanes of at least 4 members (excludes halogenated alkanes) is 15. The van der Waals surface area contributed by atoms with E-state index in [1.807, 2.05) is 0 Å². The van der Waals surface area contributed by atoms with Crippen molar-refractivity contribution in [3.8, 4) is 0 Å². The third kappa shape index (κ3) is 25.1. The molecule has 0 spiro atoms. The molecular formula is C27H52O4. The van der Waals surface area contributed by atoms with Crippen molar-refractivity contribution in [2.75, 3.05) is 13.2 Å². The van der Waals surface area contributed by atoms with Gasteiger partial charge in [-0.1, -0.05) is 117 Å². The topological polar surface area (TPSA) is 52.6 Å². The van der Waals surface area contributed by atoms with Gasteiger partial charge in [0.05, 0.1) is 26.1 Å². The van der Waals surface area contributed by atoms with Crippen LogP contribution in [0, 0.1) is 5.92 Å². The zero-order chi connectivity index (χ0) is 23.0. The van der Waals surface area contributed by atoms with Crippen LogP contribution in [0.3, 0.4) is 0 Å². The van der Waals surface area contributed by atoms with Gasteiger partial charge in [-0.05, 0) is 18.8 Å². The summed E-state index contributed by atoms with van der Waals surface area (Å²) < 4.78 is 10.3. The number of hydrogen-bond acceptors (Lipinski definition) is 4. The molecule has 0 aliphatic heterocycles. The van der Waals surface area contributed by atoms with E-state index in [2.05, 4.69) is 20.8 Å². The van der Waals surface area contributed by atoms with E-state index in [0.717, 1.165) is 19.3 Å². The second-order valence-corrected chi connectivity index (χ2v) is 9.43. The fourth-order valence-corrected chi connectivity index (χ4v) is 3.59. The Kier molecular flexibility index (Phi) is 22.8. The Hall–Kier alpha value is -1.06. The Morgan fingerprint density at radius 1 is 0.548 bits per heavy atom. The van der Waals surface area contributed by atoms with Crippen molar-refractivity contribution < 1.29 is 19.1 Å². The van der Waals surface area contributed by atoms with Crippen LogP contribution in [0.2, 0.25) is 0 Å². The summed E-state index contributed by atoms with van der Waals surface area (Å²) in [5, 5.41) is 0. The van der Waals surface area contributed by atoms with Gasteiger partial charge in [-0.2, -0.15) is 0 Å². The summed E-state index contributed by atoms with van der Waals surface area (Å²) in [6, 6.07) is 0. The fraction of sp³-hybridized carbons (Fsp3) is 0.926. The van der Waals surface area contributed by atoms with E-state index in [1.54, 1.807) is 0 Å². The summed E-state index contributed by atoms with van der Waals surface area (Å²) in [7, 11) is 0. The molecule has 0 radical (unpaired) electrons. The number of hydrogen-bond donors (Lipinski definition) is 0. The van der Waals surface area contributed by atoms with Gasteiger partial charge in [0.2, 0.25) is 0 Å². The minimum Gasteiger partial charge on any atom is -0.466 e. The molecule has 184 valence electrons. The lowest BCUT2D eigenvalue weighted by Gasteiger charge is -2.07. The van der Waals surface area contributed by atoms with E-state index >= 15 is 0 Å². The largest absolute Gasteiger partial charge is 0.466 e. The van der Waals surface area contributed by atoms with Crippen LogP contribution in [0.15, 0.2) is 0 Å². The highest BCUT2D eigenvalue weighted by Crippen LogP contribution is 2.13. The maximum atomic E-state index is 11.7. The van der Waals surface area contributed by atoms with Gasteiger partial charge in [-0.15, -0.1) is 0 Å². The highest BCUT2D eigenvalue weighted by molar-refractivity contribution is 5.77. The summed E-state index contributed by atoms with van der Waals surface area (Å²) in [4.78, 5) is 23.2. The van der Waals surface area contributed by atoms with Crippen LogP contribution in [0.4, 0.5) is 0 Å². The molecule has 0 rings (SSSR count). The molecule has 0 aliphatic rings. The zero-order valence-corrected chi connectivity index (χ0v) is 21.1. The zero-order valence-electron chi connectivity index (χ0n) is 21.1. The van der Waals surface area contributed by atoms with Crippen molar-refractivity contribution in [1.82, 2.24) is 0 Å². The maximum absolute atomic E-state index is 11.7. The number of rotatable bonds is 23. The van der Waals surface area contributed by atoms with Crippen molar-refractivity contribution in [1.29, 1.82) is 0 Å². The van der Waals surface area contributed by atoms with Crippen LogP contribution < -0.4 is 0 Å². The lowest BCUT2D eigenvalue weighted by atomic mass is 10.0. The molecule has 0 heterocycles. The van der Waals surface area contributed by atoms with Crippen LogP contribution in [0.1, 0.15) is 143 Å². The summed E-state index contributed by atoms with van der Waals surface area (Å²) in [6.45, 7) is 7.36. The second-order valence-electron chi connectivity index (χ2n) is 9.43. The van der Waals surface area contributed by atoms with Crippen molar-refractivity contribution in [3.05, 3.63) is 0 Å². The Morgan fingerprint density at radius 2 is 0.903 bits per heavy atom. The number of carbonyl (C=O) groups is 2. The molecule has 0 aromatic heterocycles. The molecule has 0 fully saturated rings. The van der Waals surface area contributed by atoms with Crippen molar-refractivity contribution in [2.24, 2.45) is 5.92 Å². The molecule has 4 heteroatoms. The van der Waals surface area contributed by atoms with Crippen molar-refractivity contribution >= 4 is 11.9 Å². The predicted octanol–water partition coefficient (Wildman–Crippen LogP) is 8.16. The minimum absolute atomic E-state index is 0.121. The molecule has 0 aromatic rings. The van der Waals surface area contributed by atoms with E-state index in [9.17, 15) is 9.59 Å². The Bertz CT molecular complexity index is 406. The Labute approximate surface area is 193 Å². The predicted molar refractivity (Wildman–Crippen MR) is 130 cm³/mol. The summed E-state index contributed by atoms with van der Waals surface area (Å²) in [5.74, 6) is -0.0840. The molecule has 0 saturated heterocycles. The first kappa shape index (κ1) is 29.9. The summed E-state index contributed by atoms with van der Waals surface area (Å²) in [6.07, 6.45) is 22.4. The first-order valence-electron chi connectivity index (χ1n) is 13.4. The number of ether oxygens (including phenoxy) is 2. The molecule has 0 amide bonds. The Balaban J connectivity index is 3.23. The number of carbonyl (C=O) groups excluding carboxylic acids is 2. The average Bonchev–Trinajstić information content (AvgIpc) is 2.74. The highest BCUT2D eigenvalue weighted by atomic mass is 16.5. The van der Waals surface area contributed by atoms with Crippen molar-refractivity contribution in [3.63, 3.8) is 0 Å². The summed E-state index contributed by atoms with van der Waals surface area (Å²) in [5.41, 5.74) is 0. The van der Waals surface area contributed by atoms with Gasteiger partial charge in [0, 0.05) is 0 Å². The van der Waals surface area contributed by atoms with Crippen molar-refractivity contribution in [2.45, 2.75) is 143 Å². The molecule has 0 unspecified atom stereocenters. The maximum Gasteiger partial charge on any atom is 0.306 e. The van der Waals surface area contributed by atoms with Gasteiger partial charge >= 0.3 is 11.9 Å². The van der Waals surface area contributed by atoms with Gasteiger partial charge in [0.15, 0.2) is 0 Å². The third-order valence-corrected chi connectivity index (χ3v) is 5.75. The van der Waals surface area contributed by atoms with Gasteiger partial charge in [-0.25, -0.2) is 0 Å². The summed E-state index contributed by atoms with van der Waals surface area (Å²) >= 11 is 0. The highest BCUT2D eigenvalue weighted by Gasteiger charge is 2.09. The molecule has 0 saturated carbocycles. The first-order chi connectivity index (χ1) is 15.1. The first-order valence-corrected chi connectivity index (χ1v) is 13.4. The lowest BCUT2D eigenvalue weighted by Crippen LogP contribution is -2.12. The van der Waals surface area contributed by atoms with Crippen LogP contribution in [0.5, 0.6) is 0 Å². The van der Waals surface area contributed by atoms with Crippen LogP contribution in [-0.2, 0) is 19.1 Å². The molecule has 0 bridgehead atoms. The lowest BCUT2D eigenvalue weighted by molar-refractivity contribution is -0.150. The standard InChI is InChI=1S/C27H52O4/c1-4-5-6-7-8-9-10-11-12-13-14-15-16-17-18-19-23-30-26(28)20-21-27(29)31-24-22-25(2)3/h25H,4-24H2,1-3H3. The molecule has 31 heavy (non-hydrogen) atoms. The van der Waals surface area contributed by atoms with E-state index in [1.165, 1.54) is 89.9 Å². The molecule has 0 aromatic carbocycles. The van der Waals surface area contributed by atoms with Gasteiger partial charge in [-0.3, -0.25) is 9.59 Å². The third-order valence-electron chi connectivity index (χ3n) is 5.75. The molecule has 0 atom stereocenters. The van der Waals surface area contributed by atoms with E-state index < -0.39 is 0 Å². The molecule has 0 aliphatic carbocycles. The monoisotopic (exact) mass is 440 g/mol. The Morgan fingerprint density at radius 3 is 1.29 bits per heavy atom. The van der Waals surface area contributed by atoms with E-state index in [0.29, 0.717) is 19.1 Å². The number of esters is 2. The molecule has 4 nitrogen and oxygen atoms in total. The van der Waals surface area contributed by atoms with E-state index in [-0.39, 0.29) is 24.8 Å². The normalized spacial score (nSPS) is 11.1. The smallest absolute Gasteiger partial charge is 0.306 e. The fourth-order valence-electron chi connectivity index (χ4n) is 3.59. The molecular weight excluding hydrogens is 388 g/mol. The van der Waals surface area contributed by atoms with Gasteiger partial charge in [0.1, 0.15) is 0 Å². The quantitative estimate of drug-likeness (QED) is 0.119. The van der Waals surface area contributed by atoms with Crippen LogP contribution in [-0.4, -0.2) is 25.2 Å². The van der Waals surface area contributed by atoms with Gasteiger partial charge in [0.25, 0.3) is 0 Å². The SMILES string of the molecule is CCCCCCCCCCCCCCCCCCOC(=O)CCC(=O)OCCC(C)C. The van der Waals surface area contributed by atoms with Crippen LogP contribution in [0.25, 0.3) is 0 Å². The van der Waals surface area contributed by atoms with E-state index in [4.69, 9.17) is 9.47 Å².